The fourth-order valence-electron chi connectivity index (χ4n) is 4.47. The Kier molecular flexibility index (Phi) is 8.56. The maximum absolute atomic E-state index is 13.5. The summed E-state index contributed by atoms with van der Waals surface area (Å²) < 4.78 is 0. The van der Waals surface area contributed by atoms with Gasteiger partial charge in [0.25, 0.3) is 0 Å². The van der Waals surface area contributed by atoms with E-state index in [1.54, 1.807) is 0 Å². The molecule has 0 saturated heterocycles. The smallest absolute Gasteiger partial charge is 0.319 e. The highest BCUT2D eigenvalue weighted by Crippen LogP contribution is 2.40. The molecule has 2 atom stereocenters. The number of amides is 3. The number of benzene rings is 1. The lowest BCUT2D eigenvalue weighted by atomic mass is 10.0. The highest BCUT2D eigenvalue weighted by atomic mass is 16.2. The molecule has 9 heteroatoms. The van der Waals surface area contributed by atoms with Crippen molar-refractivity contribution in [2.45, 2.75) is 57.8 Å². The number of H-pyrrole nitrogens is 1. The van der Waals surface area contributed by atoms with Crippen molar-refractivity contribution >= 4 is 17.8 Å². The van der Waals surface area contributed by atoms with Crippen molar-refractivity contribution in [3.05, 3.63) is 59.8 Å². The molecule has 0 fully saturated rings. The summed E-state index contributed by atoms with van der Waals surface area (Å²) in [5.41, 5.74) is 2.52. The van der Waals surface area contributed by atoms with Crippen LogP contribution >= 0.6 is 0 Å². The van der Waals surface area contributed by atoms with Gasteiger partial charge in [0.2, 0.25) is 5.91 Å². The van der Waals surface area contributed by atoms with Gasteiger partial charge >= 0.3 is 6.03 Å². The van der Waals surface area contributed by atoms with Gasteiger partial charge in [-0.2, -0.15) is 5.10 Å². The van der Waals surface area contributed by atoms with Crippen molar-refractivity contribution in [2.24, 2.45) is 0 Å². The molecular weight excluding hydrogens is 442 g/mol. The number of aromatic nitrogens is 2. The first kappa shape index (κ1) is 26.3. The highest BCUT2D eigenvalue weighted by molar-refractivity contribution is 5.86. The van der Waals surface area contributed by atoms with Crippen LogP contribution in [0.1, 0.15) is 56.5 Å². The van der Waals surface area contributed by atoms with Gasteiger partial charge in [-0.1, -0.05) is 36.9 Å². The Morgan fingerprint density at radius 2 is 2.00 bits per heavy atom. The minimum Gasteiger partial charge on any atom is -0.366 e. The van der Waals surface area contributed by atoms with Gasteiger partial charge in [-0.3, -0.25) is 9.89 Å². The maximum atomic E-state index is 13.5. The summed E-state index contributed by atoms with van der Waals surface area (Å²) in [6.07, 6.45) is 2.99. The Labute approximate surface area is 208 Å². The minimum absolute atomic E-state index is 0.104. The third kappa shape index (κ3) is 6.42. The first-order valence-corrected chi connectivity index (χ1v) is 12.2. The Morgan fingerprint density at radius 3 is 2.66 bits per heavy atom. The second-order valence-electron chi connectivity index (χ2n) is 9.93. The van der Waals surface area contributed by atoms with Gasteiger partial charge in [0, 0.05) is 24.7 Å². The fourth-order valence-corrected chi connectivity index (χ4v) is 4.47. The number of nitrogens with zero attached hydrogens (tertiary/aromatic N) is 3. The van der Waals surface area contributed by atoms with Crippen LogP contribution < -0.4 is 16.0 Å². The third-order valence-electron chi connectivity index (χ3n) is 6.44. The van der Waals surface area contributed by atoms with E-state index < -0.39 is 5.54 Å². The zero-order valence-corrected chi connectivity index (χ0v) is 21.5. The SMILES string of the molecule is C=CC(=O)NCCCC(C)Nc1n[nH]c2c1CN(C(=O)NC(CN(C)C)c1ccccc1)C2(C)C. The molecule has 1 aromatic heterocycles. The summed E-state index contributed by atoms with van der Waals surface area (Å²) in [6, 6.07) is 9.99. The molecular formula is C26H39N7O2. The largest absolute Gasteiger partial charge is 0.366 e. The zero-order chi connectivity index (χ0) is 25.6. The van der Waals surface area contributed by atoms with E-state index in [-0.39, 0.29) is 24.0 Å². The molecule has 9 nitrogen and oxygen atoms in total. The van der Waals surface area contributed by atoms with E-state index in [0.717, 1.165) is 35.5 Å². The van der Waals surface area contributed by atoms with Crippen LogP contribution in [0.4, 0.5) is 10.6 Å². The molecule has 2 aromatic rings. The Hall–Kier alpha value is -3.33. The topological polar surface area (TPSA) is 105 Å². The third-order valence-corrected chi connectivity index (χ3v) is 6.44. The van der Waals surface area contributed by atoms with Crippen LogP contribution in [0.25, 0.3) is 0 Å². The van der Waals surface area contributed by atoms with Crippen molar-refractivity contribution in [3.63, 3.8) is 0 Å². The summed E-state index contributed by atoms with van der Waals surface area (Å²) in [5, 5.41) is 17.2. The van der Waals surface area contributed by atoms with E-state index in [1.165, 1.54) is 6.08 Å². The summed E-state index contributed by atoms with van der Waals surface area (Å²) in [5.74, 6) is 0.621. The molecule has 1 aromatic carbocycles. The fraction of sp³-hybridized carbons (Fsp3) is 0.500. The van der Waals surface area contributed by atoms with E-state index in [4.69, 9.17) is 0 Å². The molecule has 35 heavy (non-hydrogen) atoms. The number of nitrogens with one attached hydrogen (secondary N) is 4. The lowest BCUT2D eigenvalue weighted by Crippen LogP contribution is -2.48. The van der Waals surface area contributed by atoms with Crippen molar-refractivity contribution in [1.82, 2.24) is 30.6 Å². The number of urea groups is 1. The number of fused-ring (bicyclic) bond motifs is 1. The standard InChI is InChI=1S/C26H39N7O2/c1-7-22(34)27-15-11-12-18(2)28-24-20-16-33(26(3,4)23(20)30-31-24)25(35)29-21(17-32(5)6)19-13-9-8-10-14-19/h7-10,13-14,18,21H,1,11-12,15-17H2,2-6H3,(H,27,34)(H,29,35)(H2,28,30,31). The molecule has 190 valence electrons. The van der Waals surface area contributed by atoms with Crippen LogP contribution in [-0.2, 0) is 16.9 Å². The molecule has 0 spiro atoms. The van der Waals surface area contributed by atoms with Gasteiger partial charge < -0.3 is 25.8 Å². The molecule has 0 saturated carbocycles. The summed E-state index contributed by atoms with van der Waals surface area (Å²) in [4.78, 5) is 28.7. The van der Waals surface area contributed by atoms with Gasteiger partial charge in [-0.25, -0.2) is 4.79 Å². The van der Waals surface area contributed by atoms with E-state index in [2.05, 4.69) is 44.6 Å². The number of likely N-dealkylation sites (N-methyl/N-ethyl adjacent to an activating group) is 1. The van der Waals surface area contributed by atoms with Crippen molar-refractivity contribution < 1.29 is 9.59 Å². The van der Waals surface area contributed by atoms with Crippen molar-refractivity contribution in [2.75, 3.05) is 32.5 Å². The molecule has 1 aliphatic rings. The predicted octanol–water partition coefficient (Wildman–Crippen LogP) is 3.36. The average molecular weight is 482 g/mol. The first-order chi connectivity index (χ1) is 16.6. The molecule has 4 N–H and O–H groups in total. The van der Waals surface area contributed by atoms with Gasteiger partial charge in [0.05, 0.1) is 23.8 Å². The molecule has 1 aliphatic heterocycles. The summed E-state index contributed by atoms with van der Waals surface area (Å²) in [7, 11) is 4.01. The number of carbonyl (C=O) groups is 2. The van der Waals surface area contributed by atoms with E-state index >= 15 is 0 Å². The zero-order valence-electron chi connectivity index (χ0n) is 21.5. The molecule has 0 aliphatic carbocycles. The second-order valence-corrected chi connectivity index (χ2v) is 9.93. The van der Waals surface area contributed by atoms with E-state index in [9.17, 15) is 9.59 Å². The second kappa shape index (κ2) is 11.4. The molecule has 0 radical (unpaired) electrons. The predicted molar refractivity (Wildman–Crippen MR) is 139 cm³/mol. The van der Waals surface area contributed by atoms with Crippen LogP contribution in [0.3, 0.4) is 0 Å². The van der Waals surface area contributed by atoms with Crippen LogP contribution in [0.15, 0.2) is 43.0 Å². The quantitative estimate of drug-likeness (QED) is 0.291. The van der Waals surface area contributed by atoms with Crippen molar-refractivity contribution in [3.8, 4) is 0 Å². The maximum Gasteiger partial charge on any atom is 0.319 e. The molecule has 3 rings (SSSR count). The molecule has 2 unspecified atom stereocenters. The highest BCUT2D eigenvalue weighted by Gasteiger charge is 2.44. The molecule has 0 bridgehead atoms. The monoisotopic (exact) mass is 481 g/mol. The average Bonchev–Trinajstić information content (AvgIpc) is 3.34. The van der Waals surface area contributed by atoms with Crippen molar-refractivity contribution in [1.29, 1.82) is 0 Å². The lowest BCUT2D eigenvalue weighted by Gasteiger charge is -2.34. The van der Waals surface area contributed by atoms with Crippen LogP contribution in [0.5, 0.6) is 0 Å². The van der Waals surface area contributed by atoms with Gasteiger partial charge in [0.1, 0.15) is 0 Å². The minimum atomic E-state index is -0.524. The number of hydrogen-bond donors (Lipinski definition) is 4. The Bertz CT molecular complexity index is 1020. The van der Waals surface area contributed by atoms with E-state index in [0.29, 0.717) is 19.6 Å². The summed E-state index contributed by atoms with van der Waals surface area (Å²) in [6.45, 7) is 11.4. The lowest BCUT2D eigenvalue weighted by molar-refractivity contribution is -0.116. The Balaban J connectivity index is 1.65. The number of aromatic amines is 1. The molecule has 2 heterocycles. The van der Waals surface area contributed by atoms with Gasteiger partial charge in [-0.15, -0.1) is 0 Å². The first-order valence-electron chi connectivity index (χ1n) is 12.2. The number of rotatable bonds is 11. The van der Waals surface area contributed by atoms with Gasteiger partial charge in [0.15, 0.2) is 5.82 Å². The Morgan fingerprint density at radius 1 is 1.29 bits per heavy atom. The summed E-state index contributed by atoms with van der Waals surface area (Å²) >= 11 is 0. The van der Waals surface area contributed by atoms with Crippen LogP contribution in [-0.4, -0.2) is 65.2 Å². The molecule has 3 amide bonds. The number of anilines is 1. The number of carbonyl (C=O) groups excluding carboxylic acids is 2. The van der Waals surface area contributed by atoms with Crippen LogP contribution in [0.2, 0.25) is 0 Å². The van der Waals surface area contributed by atoms with Gasteiger partial charge in [-0.05, 0) is 59.3 Å². The normalized spacial score (nSPS) is 15.9. The van der Waals surface area contributed by atoms with E-state index in [1.807, 2.05) is 63.2 Å². The number of hydrogen-bond acceptors (Lipinski definition) is 5. The van der Waals surface area contributed by atoms with Crippen LogP contribution in [0, 0.1) is 0 Å².